The van der Waals surface area contributed by atoms with Gasteiger partial charge in [-0.15, -0.1) is 0 Å². The lowest BCUT2D eigenvalue weighted by Gasteiger charge is -2.12. The number of ether oxygens (including phenoxy) is 1. The predicted octanol–water partition coefficient (Wildman–Crippen LogP) is 1.95. The minimum atomic E-state index is -0.943. The fourth-order valence-corrected chi connectivity index (χ4v) is 1.26. The van der Waals surface area contributed by atoms with Crippen LogP contribution in [0, 0.1) is 6.92 Å². The minimum absolute atomic E-state index is 0.0499. The number of hydrogen-bond acceptors (Lipinski definition) is 3. The number of hydrogen-bond donors (Lipinski definition) is 2. The maximum absolute atomic E-state index is 10.3. The van der Waals surface area contributed by atoms with E-state index in [2.05, 4.69) is 0 Å². The molecule has 0 aliphatic heterocycles. The number of benzene rings is 1. The molecule has 0 aromatic heterocycles. The molecule has 1 aromatic carbocycles. The molecule has 0 heterocycles. The molecule has 1 aromatic rings. The van der Waals surface area contributed by atoms with Gasteiger partial charge < -0.3 is 14.9 Å². The number of aliphatic carboxylic acids is 1. The third kappa shape index (κ3) is 4.79. The zero-order valence-corrected chi connectivity index (χ0v) is 9.22. The van der Waals surface area contributed by atoms with Crippen molar-refractivity contribution in [3.05, 3.63) is 29.8 Å². The van der Waals surface area contributed by atoms with Gasteiger partial charge in [-0.05, 0) is 25.5 Å². The van der Waals surface area contributed by atoms with Gasteiger partial charge in [0, 0.05) is 12.8 Å². The SMILES string of the molecule is Cc1ccc(OC(O)CCCC(=O)O)cc1. The van der Waals surface area contributed by atoms with Crippen molar-refractivity contribution in [3.8, 4) is 5.75 Å². The predicted molar refractivity (Wildman–Crippen MR) is 59.3 cm³/mol. The number of carboxylic acids is 1. The fourth-order valence-electron chi connectivity index (χ4n) is 1.26. The summed E-state index contributed by atoms with van der Waals surface area (Å²) in [6, 6.07) is 7.32. The van der Waals surface area contributed by atoms with Crippen LogP contribution >= 0.6 is 0 Å². The first kappa shape index (κ1) is 12.5. The Labute approximate surface area is 94.5 Å². The summed E-state index contributed by atoms with van der Waals surface area (Å²) in [5.41, 5.74) is 1.12. The van der Waals surface area contributed by atoms with Crippen LogP contribution < -0.4 is 4.74 Å². The zero-order valence-electron chi connectivity index (χ0n) is 9.22. The third-order valence-electron chi connectivity index (χ3n) is 2.13. The van der Waals surface area contributed by atoms with Crippen molar-refractivity contribution in [1.29, 1.82) is 0 Å². The lowest BCUT2D eigenvalue weighted by Crippen LogP contribution is -2.15. The smallest absolute Gasteiger partial charge is 0.303 e. The Morgan fingerprint density at radius 3 is 2.56 bits per heavy atom. The van der Waals surface area contributed by atoms with Crippen LogP contribution in [0.1, 0.15) is 24.8 Å². The van der Waals surface area contributed by atoms with E-state index in [4.69, 9.17) is 9.84 Å². The summed E-state index contributed by atoms with van der Waals surface area (Å²) in [5, 5.41) is 17.9. The molecule has 2 N–H and O–H groups in total. The van der Waals surface area contributed by atoms with E-state index < -0.39 is 12.3 Å². The van der Waals surface area contributed by atoms with Crippen molar-refractivity contribution in [2.75, 3.05) is 0 Å². The highest BCUT2D eigenvalue weighted by Crippen LogP contribution is 2.14. The van der Waals surface area contributed by atoms with Crippen LogP contribution in [0.5, 0.6) is 5.75 Å². The van der Waals surface area contributed by atoms with Crippen LogP contribution in [-0.2, 0) is 4.79 Å². The van der Waals surface area contributed by atoms with Gasteiger partial charge in [-0.1, -0.05) is 17.7 Å². The Bertz CT molecular complexity index is 331. The number of carbonyl (C=O) groups is 1. The van der Waals surface area contributed by atoms with Crippen LogP contribution in [0.3, 0.4) is 0 Å². The van der Waals surface area contributed by atoms with Crippen molar-refractivity contribution < 1.29 is 19.7 Å². The highest BCUT2D eigenvalue weighted by atomic mass is 16.6. The average Bonchev–Trinajstić information content (AvgIpc) is 2.21. The Kier molecular flexibility index (Phi) is 4.79. The van der Waals surface area contributed by atoms with Gasteiger partial charge in [-0.3, -0.25) is 4.79 Å². The van der Waals surface area contributed by atoms with E-state index in [9.17, 15) is 9.90 Å². The zero-order chi connectivity index (χ0) is 12.0. The molecule has 4 heteroatoms. The quantitative estimate of drug-likeness (QED) is 0.725. The standard InChI is InChI=1S/C12H16O4/c1-9-5-7-10(8-6-9)16-12(15)4-2-3-11(13)14/h5-8,12,15H,2-4H2,1H3,(H,13,14). The lowest BCUT2D eigenvalue weighted by molar-refractivity contribution is -0.137. The molecule has 4 nitrogen and oxygen atoms in total. The van der Waals surface area contributed by atoms with Gasteiger partial charge >= 0.3 is 5.97 Å². The Balaban J connectivity index is 2.31. The second-order valence-corrected chi connectivity index (χ2v) is 3.67. The summed E-state index contributed by atoms with van der Waals surface area (Å²) in [6.45, 7) is 1.97. The van der Waals surface area contributed by atoms with Gasteiger partial charge in [0.15, 0.2) is 6.29 Å². The molecule has 0 saturated carbocycles. The summed E-state index contributed by atoms with van der Waals surface area (Å²) >= 11 is 0. The van der Waals surface area contributed by atoms with Crippen molar-refractivity contribution >= 4 is 5.97 Å². The number of rotatable bonds is 6. The summed E-state index contributed by atoms with van der Waals surface area (Å²) in [7, 11) is 0. The Morgan fingerprint density at radius 1 is 1.38 bits per heavy atom. The first-order chi connectivity index (χ1) is 7.58. The number of aryl methyl sites for hydroxylation is 1. The topological polar surface area (TPSA) is 66.8 Å². The van der Waals surface area contributed by atoms with Gasteiger partial charge in [0.1, 0.15) is 5.75 Å². The van der Waals surface area contributed by atoms with Crippen molar-refractivity contribution in [2.45, 2.75) is 32.5 Å². The Morgan fingerprint density at radius 2 is 2.00 bits per heavy atom. The first-order valence-electron chi connectivity index (χ1n) is 5.21. The highest BCUT2D eigenvalue weighted by Gasteiger charge is 2.07. The molecular weight excluding hydrogens is 208 g/mol. The molecule has 0 spiro atoms. The van der Waals surface area contributed by atoms with Crippen molar-refractivity contribution in [1.82, 2.24) is 0 Å². The van der Waals surface area contributed by atoms with E-state index in [1.165, 1.54) is 0 Å². The summed E-state index contributed by atoms with van der Waals surface area (Å²) in [4.78, 5) is 10.3. The van der Waals surface area contributed by atoms with Crippen LogP contribution in [0.15, 0.2) is 24.3 Å². The molecule has 0 aliphatic rings. The first-order valence-corrected chi connectivity index (χ1v) is 5.21. The second kappa shape index (κ2) is 6.12. The second-order valence-electron chi connectivity index (χ2n) is 3.67. The van der Waals surface area contributed by atoms with Crippen LogP contribution in [0.2, 0.25) is 0 Å². The summed E-state index contributed by atoms with van der Waals surface area (Å²) in [5.74, 6) is -0.268. The number of carboxylic acid groups (broad SMARTS) is 1. The van der Waals surface area contributed by atoms with Crippen LogP contribution in [0.25, 0.3) is 0 Å². The molecule has 88 valence electrons. The highest BCUT2D eigenvalue weighted by molar-refractivity contribution is 5.66. The summed E-state index contributed by atoms with van der Waals surface area (Å²) in [6.07, 6.45) is -0.168. The van der Waals surface area contributed by atoms with Gasteiger partial charge in [0.05, 0.1) is 0 Å². The number of aliphatic hydroxyl groups is 1. The lowest BCUT2D eigenvalue weighted by atomic mass is 10.2. The third-order valence-corrected chi connectivity index (χ3v) is 2.13. The van der Waals surface area contributed by atoms with Crippen LogP contribution in [-0.4, -0.2) is 22.5 Å². The molecule has 0 bridgehead atoms. The average molecular weight is 224 g/mol. The van der Waals surface area contributed by atoms with Gasteiger partial charge in [0.25, 0.3) is 0 Å². The molecule has 0 radical (unpaired) electrons. The molecular formula is C12H16O4. The fraction of sp³-hybridized carbons (Fsp3) is 0.417. The van der Waals surface area contributed by atoms with E-state index in [1.54, 1.807) is 12.1 Å². The van der Waals surface area contributed by atoms with Gasteiger partial charge in [-0.25, -0.2) is 0 Å². The maximum atomic E-state index is 10.3. The minimum Gasteiger partial charge on any atom is -0.481 e. The monoisotopic (exact) mass is 224 g/mol. The largest absolute Gasteiger partial charge is 0.481 e. The maximum Gasteiger partial charge on any atom is 0.303 e. The Hall–Kier alpha value is -1.55. The molecule has 16 heavy (non-hydrogen) atoms. The van der Waals surface area contributed by atoms with Gasteiger partial charge in [0.2, 0.25) is 0 Å². The molecule has 0 amide bonds. The van der Waals surface area contributed by atoms with E-state index in [-0.39, 0.29) is 6.42 Å². The van der Waals surface area contributed by atoms with Crippen LogP contribution in [0.4, 0.5) is 0 Å². The van der Waals surface area contributed by atoms with Gasteiger partial charge in [-0.2, -0.15) is 0 Å². The van der Waals surface area contributed by atoms with Crippen molar-refractivity contribution in [3.63, 3.8) is 0 Å². The molecule has 0 saturated heterocycles. The summed E-state index contributed by atoms with van der Waals surface area (Å²) < 4.78 is 5.21. The van der Waals surface area contributed by atoms with E-state index in [0.29, 0.717) is 18.6 Å². The van der Waals surface area contributed by atoms with E-state index in [0.717, 1.165) is 5.56 Å². The molecule has 0 fully saturated rings. The normalized spacial score (nSPS) is 12.1. The molecule has 1 unspecified atom stereocenters. The molecule has 0 aliphatic carbocycles. The van der Waals surface area contributed by atoms with E-state index in [1.807, 2.05) is 19.1 Å². The molecule has 1 rings (SSSR count). The molecule has 1 atom stereocenters. The van der Waals surface area contributed by atoms with Crippen molar-refractivity contribution in [2.24, 2.45) is 0 Å². The van der Waals surface area contributed by atoms with E-state index >= 15 is 0 Å². The number of aliphatic hydroxyl groups excluding tert-OH is 1.